The van der Waals surface area contributed by atoms with E-state index in [4.69, 9.17) is 0 Å². The van der Waals surface area contributed by atoms with Crippen LogP contribution in [0, 0.1) is 16.7 Å². The molecular formula is C20H38N4O. The van der Waals surface area contributed by atoms with E-state index in [0.29, 0.717) is 6.54 Å². The van der Waals surface area contributed by atoms with E-state index in [1.807, 2.05) is 17.8 Å². The quantitative estimate of drug-likeness (QED) is 0.791. The summed E-state index contributed by atoms with van der Waals surface area (Å²) in [4.78, 5) is 17.4. The van der Waals surface area contributed by atoms with Gasteiger partial charge >= 0.3 is 0 Å². The number of hydrogen-bond acceptors (Lipinski definition) is 3. The average molecular weight is 351 g/mol. The van der Waals surface area contributed by atoms with Crippen molar-refractivity contribution in [1.29, 1.82) is 0 Å². The highest BCUT2D eigenvalue weighted by atomic mass is 16.2. The van der Waals surface area contributed by atoms with E-state index in [-0.39, 0.29) is 34.7 Å². The molecule has 144 valence electrons. The van der Waals surface area contributed by atoms with Gasteiger partial charge in [0, 0.05) is 25.5 Å². The summed E-state index contributed by atoms with van der Waals surface area (Å²) in [6.07, 6.45) is 4.65. The largest absolute Gasteiger partial charge is 0.351 e. The van der Waals surface area contributed by atoms with Crippen molar-refractivity contribution in [3.8, 4) is 0 Å². The Morgan fingerprint density at radius 3 is 2.16 bits per heavy atom. The van der Waals surface area contributed by atoms with Crippen LogP contribution in [0.1, 0.15) is 67.6 Å². The first-order chi connectivity index (χ1) is 11.4. The average Bonchev–Trinajstić information content (AvgIpc) is 2.87. The van der Waals surface area contributed by atoms with Crippen molar-refractivity contribution in [3.05, 3.63) is 18.2 Å². The molecule has 0 radical (unpaired) electrons. The molecule has 25 heavy (non-hydrogen) atoms. The van der Waals surface area contributed by atoms with Crippen LogP contribution < -0.4 is 10.6 Å². The Kier molecular flexibility index (Phi) is 7.24. The van der Waals surface area contributed by atoms with E-state index < -0.39 is 0 Å². The molecule has 1 rings (SSSR count). The minimum Gasteiger partial charge on any atom is -0.351 e. The van der Waals surface area contributed by atoms with Crippen LogP contribution in [-0.2, 0) is 18.4 Å². The van der Waals surface area contributed by atoms with Gasteiger partial charge in [0.15, 0.2) is 0 Å². The molecule has 0 aromatic carbocycles. The van der Waals surface area contributed by atoms with Crippen LogP contribution in [0.4, 0.5) is 0 Å². The van der Waals surface area contributed by atoms with E-state index in [1.54, 1.807) is 6.20 Å². The molecule has 0 aliphatic rings. The molecule has 2 N–H and O–H groups in total. The van der Waals surface area contributed by atoms with Gasteiger partial charge in [-0.2, -0.15) is 0 Å². The van der Waals surface area contributed by atoms with Crippen LogP contribution in [-0.4, -0.2) is 27.5 Å². The Balaban J connectivity index is 2.90. The normalized spacial score (nSPS) is 15.3. The first-order valence-corrected chi connectivity index (χ1v) is 9.37. The fourth-order valence-corrected chi connectivity index (χ4v) is 3.52. The van der Waals surface area contributed by atoms with Gasteiger partial charge in [-0.25, -0.2) is 4.98 Å². The lowest BCUT2D eigenvalue weighted by molar-refractivity contribution is -0.127. The Morgan fingerprint density at radius 1 is 1.20 bits per heavy atom. The van der Waals surface area contributed by atoms with E-state index in [2.05, 4.69) is 71.0 Å². The molecule has 2 atom stereocenters. The van der Waals surface area contributed by atoms with Crippen molar-refractivity contribution in [3.63, 3.8) is 0 Å². The number of aromatic nitrogens is 2. The summed E-state index contributed by atoms with van der Waals surface area (Å²) in [5, 5.41) is 6.75. The molecule has 0 bridgehead atoms. The van der Waals surface area contributed by atoms with Gasteiger partial charge in [0.2, 0.25) is 5.91 Å². The molecule has 0 aliphatic heterocycles. The van der Waals surface area contributed by atoms with E-state index in [1.165, 1.54) is 0 Å². The maximum atomic E-state index is 13.1. The van der Waals surface area contributed by atoms with Gasteiger partial charge in [-0.3, -0.25) is 10.1 Å². The summed E-state index contributed by atoms with van der Waals surface area (Å²) >= 11 is 0. The lowest BCUT2D eigenvalue weighted by Gasteiger charge is -2.42. The molecule has 0 saturated heterocycles. The molecule has 0 aliphatic carbocycles. The number of carbonyl (C=O) groups excluding carboxylic acids is 1. The number of aryl methyl sites for hydroxylation is 1. The second-order valence-corrected chi connectivity index (χ2v) is 9.37. The van der Waals surface area contributed by atoms with Gasteiger partial charge in [0.05, 0.1) is 12.6 Å². The van der Waals surface area contributed by atoms with Crippen LogP contribution >= 0.6 is 0 Å². The maximum absolute atomic E-state index is 13.1. The Morgan fingerprint density at radius 2 is 1.76 bits per heavy atom. The number of hydrogen-bond donors (Lipinski definition) is 2. The van der Waals surface area contributed by atoms with Gasteiger partial charge < -0.3 is 9.88 Å². The monoisotopic (exact) mass is 350 g/mol. The predicted octanol–water partition coefficient (Wildman–Crippen LogP) is 3.50. The van der Waals surface area contributed by atoms with Crippen molar-refractivity contribution in [2.45, 2.75) is 80.4 Å². The molecule has 0 saturated carbocycles. The van der Waals surface area contributed by atoms with Gasteiger partial charge in [-0.05, 0) is 16.7 Å². The minimum absolute atomic E-state index is 0.00636. The Labute approximate surface area is 154 Å². The fraction of sp³-hybridized carbons (Fsp3) is 0.800. The standard InChI is InChI=1S/C20H38N4O/c1-10-14(2)16(22-13-15-21-11-12-24(15)9)17(25)23-18(19(3,4)5)20(6,7)8/h11-12,14,16,18,22H,10,13H2,1-9H3,(H,23,25)/t14?,16-/m0/s1. The smallest absolute Gasteiger partial charge is 0.237 e. The predicted molar refractivity (Wildman–Crippen MR) is 104 cm³/mol. The summed E-state index contributed by atoms with van der Waals surface area (Å²) in [6, 6.07) is -0.136. The second kappa shape index (κ2) is 8.35. The van der Waals surface area contributed by atoms with Crippen molar-refractivity contribution >= 4 is 5.91 Å². The molecule has 5 nitrogen and oxygen atoms in total. The SMILES string of the molecule is CCC(C)[C@H](NCc1nccn1C)C(=O)NC(C(C)(C)C)C(C)(C)C. The number of carbonyl (C=O) groups is 1. The summed E-state index contributed by atoms with van der Waals surface area (Å²) < 4.78 is 1.98. The molecule has 1 aromatic rings. The van der Waals surface area contributed by atoms with Crippen molar-refractivity contribution in [2.75, 3.05) is 0 Å². The maximum Gasteiger partial charge on any atom is 0.237 e. The van der Waals surface area contributed by atoms with Crippen LogP contribution in [0.3, 0.4) is 0 Å². The third-order valence-electron chi connectivity index (χ3n) is 4.92. The number of imidazole rings is 1. The van der Waals surface area contributed by atoms with Gasteiger partial charge in [0.25, 0.3) is 0 Å². The minimum atomic E-state index is -0.228. The molecule has 0 fully saturated rings. The zero-order valence-corrected chi connectivity index (χ0v) is 17.6. The van der Waals surface area contributed by atoms with Crippen molar-refractivity contribution in [1.82, 2.24) is 20.2 Å². The van der Waals surface area contributed by atoms with E-state index >= 15 is 0 Å². The highest BCUT2D eigenvalue weighted by Crippen LogP contribution is 2.33. The highest BCUT2D eigenvalue weighted by molar-refractivity contribution is 5.82. The summed E-state index contributed by atoms with van der Waals surface area (Å²) in [6.45, 7) is 17.9. The first kappa shape index (κ1) is 21.7. The van der Waals surface area contributed by atoms with Gasteiger partial charge in [0.1, 0.15) is 5.82 Å². The molecule has 1 aromatic heterocycles. The lowest BCUT2D eigenvalue weighted by Crippen LogP contribution is -2.57. The molecule has 1 amide bonds. The lowest BCUT2D eigenvalue weighted by atomic mass is 9.72. The topological polar surface area (TPSA) is 59.0 Å². The number of nitrogens with zero attached hydrogens (tertiary/aromatic N) is 2. The zero-order valence-electron chi connectivity index (χ0n) is 17.6. The van der Waals surface area contributed by atoms with Crippen molar-refractivity contribution < 1.29 is 4.79 Å². The molecule has 5 heteroatoms. The molecule has 0 spiro atoms. The highest BCUT2D eigenvalue weighted by Gasteiger charge is 2.37. The number of nitrogens with one attached hydrogen (secondary N) is 2. The summed E-state index contributed by atoms with van der Waals surface area (Å²) in [7, 11) is 1.97. The number of rotatable bonds is 7. The summed E-state index contributed by atoms with van der Waals surface area (Å²) in [5.74, 6) is 1.27. The Hall–Kier alpha value is -1.36. The molecular weight excluding hydrogens is 312 g/mol. The molecule has 1 heterocycles. The van der Waals surface area contributed by atoms with Crippen LogP contribution in [0.2, 0.25) is 0 Å². The first-order valence-electron chi connectivity index (χ1n) is 9.37. The fourth-order valence-electron chi connectivity index (χ4n) is 3.52. The van der Waals surface area contributed by atoms with E-state index in [9.17, 15) is 4.79 Å². The van der Waals surface area contributed by atoms with Gasteiger partial charge in [-0.15, -0.1) is 0 Å². The zero-order chi connectivity index (χ0) is 19.4. The second-order valence-electron chi connectivity index (χ2n) is 9.37. The number of amides is 1. The third-order valence-corrected chi connectivity index (χ3v) is 4.92. The molecule has 1 unspecified atom stereocenters. The van der Waals surface area contributed by atoms with Crippen molar-refractivity contribution in [2.24, 2.45) is 23.8 Å². The van der Waals surface area contributed by atoms with Crippen LogP contribution in [0.5, 0.6) is 0 Å². The summed E-state index contributed by atoms with van der Waals surface area (Å²) in [5.41, 5.74) is -0.0127. The van der Waals surface area contributed by atoms with Crippen LogP contribution in [0.15, 0.2) is 12.4 Å². The van der Waals surface area contributed by atoms with Gasteiger partial charge in [-0.1, -0.05) is 61.8 Å². The third kappa shape index (κ3) is 6.14. The van der Waals surface area contributed by atoms with Crippen LogP contribution in [0.25, 0.3) is 0 Å². The van der Waals surface area contributed by atoms with E-state index in [0.717, 1.165) is 12.2 Å². The Bertz CT molecular complexity index is 537.